The molecular weight excluding hydrogens is 280 g/mol. The highest BCUT2D eigenvalue weighted by Gasteiger charge is 2.36. The molecule has 2 heteroatoms. The number of benzene rings is 1. The molecule has 1 aliphatic carbocycles. The van der Waals surface area contributed by atoms with Gasteiger partial charge in [0.1, 0.15) is 11.7 Å². The zero-order valence-corrected chi connectivity index (χ0v) is 15.2. The van der Waals surface area contributed by atoms with E-state index in [0.29, 0.717) is 12.1 Å². The first-order chi connectivity index (χ1) is 11.2. The number of anilines is 1. The van der Waals surface area contributed by atoms with Crippen LogP contribution in [0.15, 0.2) is 24.3 Å². The van der Waals surface area contributed by atoms with Crippen LogP contribution in [-0.2, 0) is 0 Å². The monoisotopic (exact) mass is 313 g/mol. The Morgan fingerprint density at radius 2 is 1.87 bits per heavy atom. The Balaban J connectivity index is 1.99. The molecule has 0 N–H and O–H groups in total. The van der Waals surface area contributed by atoms with E-state index >= 15 is 0 Å². The van der Waals surface area contributed by atoms with Crippen LogP contribution in [0, 0.1) is 0 Å². The van der Waals surface area contributed by atoms with Crippen molar-refractivity contribution in [1.82, 2.24) is 0 Å². The first-order valence-electron chi connectivity index (χ1n) is 9.72. The Morgan fingerprint density at radius 1 is 1.13 bits per heavy atom. The summed E-state index contributed by atoms with van der Waals surface area (Å²) in [5.41, 5.74) is 2.97. The molecule has 23 heavy (non-hydrogen) atoms. The van der Waals surface area contributed by atoms with Gasteiger partial charge >= 0.3 is 0 Å². The van der Waals surface area contributed by atoms with Gasteiger partial charge in [-0.15, -0.1) is 0 Å². The highest BCUT2D eigenvalue weighted by atomic mass is 15.3. The van der Waals surface area contributed by atoms with Crippen molar-refractivity contribution >= 4 is 12.0 Å². The fourth-order valence-electron chi connectivity index (χ4n) is 4.29. The molecule has 0 amide bonds. The number of fused-ring (bicyclic) bond motifs is 1. The number of rotatable bonds is 5. The van der Waals surface area contributed by atoms with Crippen LogP contribution in [0.2, 0.25) is 0 Å². The Morgan fingerprint density at radius 3 is 2.57 bits per heavy atom. The molecule has 1 heterocycles. The number of unbranched alkanes of at least 4 members (excludes halogenated alkanes) is 1. The van der Waals surface area contributed by atoms with Crippen LogP contribution in [0.1, 0.15) is 83.7 Å². The van der Waals surface area contributed by atoms with E-state index in [4.69, 9.17) is 0 Å². The Hall–Kier alpha value is -1.31. The normalized spacial score (nSPS) is 22.2. The van der Waals surface area contributed by atoms with Crippen LogP contribution in [0.25, 0.3) is 0 Å². The standard InChI is InChI=1S/C21H33N2/c1-4-5-14-21-19-13-9-10-15-20(19)22(17(2)3)16-23(21)18-11-7-6-8-12-18/h9-10,13,15-18,21H,4-8,11-12,14H2,1-3H3/q+1. The van der Waals surface area contributed by atoms with Crippen LogP contribution < -0.4 is 4.90 Å². The summed E-state index contributed by atoms with van der Waals surface area (Å²) >= 11 is 0. The summed E-state index contributed by atoms with van der Waals surface area (Å²) < 4.78 is 2.73. The van der Waals surface area contributed by atoms with Crippen LogP contribution in [-0.4, -0.2) is 23.0 Å². The number of para-hydroxylation sites is 1. The van der Waals surface area contributed by atoms with Gasteiger partial charge in [-0.25, -0.2) is 4.90 Å². The summed E-state index contributed by atoms with van der Waals surface area (Å²) in [5, 5.41) is 0. The van der Waals surface area contributed by atoms with Gasteiger partial charge in [0.25, 0.3) is 0 Å². The molecule has 126 valence electrons. The van der Waals surface area contributed by atoms with Crippen molar-refractivity contribution < 1.29 is 4.58 Å². The molecule has 1 aliphatic heterocycles. The highest BCUT2D eigenvalue weighted by molar-refractivity contribution is 5.80. The van der Waals surface area contributed by atoms with Crippen LogP contribution in [0.4, 0.5) is 5.69 Å². The minimum Gasteiger partial charge on any atom is -0.258 e. The summed E-state index contributed by atoms with van der Waals surface area (Å²) in [6.45, 7) is 6.92. The van der Waals surface area contributed by atoms with Gasteiger partial charge in [0.2, 0.25) is 6.34 Å². The average molecular weight is 314 g/mol. The molecule has 2 nitrogen and oxygen atoms in total. The lowest BCUT2D eigenvalue weighted by atomic mass is 9.90. The average Bonchev–Trinajstić information content (AvgIpc) is 2.59. The number of nitrogens with zero attached hydrogens (tertiary/aromatic N) is 2. The molecule has 0 radical (unpaired) electrons. The third-order valence-electron chi connectivity index (χ3n) is 5.58. The summed E-state index contributed by atoms with van der Waals surface area (Å²) in [4.78, 5) is 2.49. The van der Waals surface area contributed by atoms with Crippen LogP contribution in [0.5, 0.6) is 0 Å². The van der Waals surface area contributed by atoms with Gasteiger partial charge < -0.3 is 0 Å². The molecule has 1 atom stereocenters. The van der Waals surface area contributed by atoms with E-state index in [-0.39, 0.29) is 0 Å². The number of hydrogen-bond acceptors (Lipinski definition) is 1. The lowest BCUT2D eigenvalue weighted by Crippen LogP contribution is -2.44. The Bertz CT molecular complexity index is 541. The smallest absolute Gasteiger partial charge is 0.240 e. The first-order valence-corrected chi connectivity index (χ1v) is 9.72. The molecule has 3 rings (SSSR count). The van der Waals surface area contributed by atoms with E-state index in [1.807, 2.05) is 0 Å². The van der Waals surface area contributed by atoms with E-state index in [0.717, 1.165) is 6.04 Å². The van der Waals surface area contributed by atoms with Crippen molar-refractivity contribution in [2.45, 2.75) is 90.3 Å². The predicted octanol–water partition coefficient (Wildman–Crippen LogP) is 5.52. The third-order valence-corrected chi connectivity index (χ3v) is 5.58. The minimum absolute atomic E-state index is 0.509. The van der Waals surface area contributed by atoms with Gasteiger partial charge in [0.05, 0.1) is 12.1 Å². The van der Waals surface area contributed by atoms with Gasteiger partial charge in [0.15, 0.2) is 0 Å². The third kappa shape index (κ3) is 3.46. The largest absolute Gasteiger partial charge is 0.258 e. The quantitative estimate of drug-likeness (QED) is 0.649. The van der Waals surface area contributed by atoms with Crippen LogP contribution in [0.3, 0.4) is 0 Å². The second-order valence-corrected chi connectivity index (χ2v) is 7.57. The van der Waals surface area contributed by atoms with Gasteiger partial charge in [0, 0.05) is 5.56 Å². The van der Waals surface area contributed by atoms with E-state index in [1.165, 1.54) is 57.1 Å². The van der Waals surface area contributed by atoms with Crippen molar-refractivity contribution in [3.8, 4) is 0 Å². The van der Waals surface area contributed by atoms with Crippen molar-refractivity contribution in [3.63, 3.8) is 0 Å². The van der Waals surface area contributed by atoms with Gasteiger partial charge in [-0.1, -0.05) is 38.0 Å². The molecule has 1 aromatic carbocycles. The van der Waals surface area contributed by atoms with Crippen molar-refractivity contribution in [1.29, 1.82) is 0 Å². The number of hydrogen-bond donors (Lipinski definition) is 0. The molecule has 0 aromatic heterocycles. The zero-order chi connectivity index (χ0) is 16.2. The SMILES string of the molecule is CCCCC1c2ccccc2N(C(C)C)C=[N+]1C1CCCCC1. The molecule has 1 saturated carbocycles. The lowest BCUT2D eigenvalue weighted by molar-refractivity contribution is -0.610. The zero-order valence-electron chi connectivity index (χ0n) is 15.2. The van der Waals surface area contributed by atoms with Gasteiger partial charge in [-0.05, 0) is 58.4 Å². The molecule has 0 bridgehead atoms. The maximum Gasteiger partial charge on any atom is 0.240 e. The Kier molecular flexibility index (Phi) is 5.40. The molecular formula is C21H33N2+. The molecule has 0 saturated heterocycles. The second kappa shape index (κ2) is 7.51. The highest BCUT2D eigenvalue weighted by Crippen LogP contribution is 2.38. The second-order valence-electron chi connectivity index (χ2n) is 7.57. The summed E-state index contributed by atoms with van der Waals surface area (Å²) in [6.07, 6.45) is 13.3. The fourth-order valence-corrected chi connectivity index (χ4v) is 4.29. The molecule has 1 unspecified atom stereocenters. The van der Waals surface area contributed by atoms with Crippen LogP contribution >= 0.6 is 0 Å². The maximum absolute atomic E-state index is 2.73. The Labute approximate surface area is 142 Å². The predicted molar refractivity (Wildman–Crippen MR) is 99.5 cm³/mol. The topological polar surface area (TPSA) is 6.25 Å². The fraction of sp³-hybridized carbons (Fsp3) is 0.667. The van der Waals surface area contributed by atoms with Gasteiger partial charge in [-0.2, -0.15) is 0 Å². The molecule has 1 fully saturated rings. The summed E-state index contributed by atoms with van der Waals surface area (Å²) in [6, 6.07) is 10.9. The molecule has 2 aliphatic rings. The summed E-state index contributed by atoms with van der Waals surface area (Å²) in [7, 11) is 0. The van der Waals surface area contributed by atoms with E-state index in [9.17, 15) is 0 Å². The van der Waals surface area contributed by atoms with E-state index < -0.39 is 0 Å². The minimum atomic E-state index is 0.509. The van der Waals surface area contributed by atoms with Crippen molar-refractivity contribution in [2.75, 3.05) is 4.90 Å². The van der Waals surface area contributed by atoms with Crippen molar-refractivity contribution in [3.05, 3.63) is 29.8 Å². The van der Waals surface area contributed by atoms with Crippen molar-refractivity contribution in [2.24, 2.45) is 0 Å². The molecule has 1 aromatic rings. The van der Waals surface area contributed by atoms with E-state index in [2.05, 4.69) is 60.9 Å². The maximum atomic E-state index is 2.73. The van der Waals surface area contributed by atoms with Gasteiger partial charge in [-0.3, -0.25) is 4.58 Å². The van der Waals surface area contributed by atoms with E-state index in [1.54, 1.807) is 5.56 Å². The lowest BCUT2D eigenvalue weighted by Gasteiger charge is -2.36. The first kappa shape index (κ1) is 16.5. The molecule has 0 spiro atoms. The summed E-state index contributed by atoms with van der Waals surface area (Å²) in [5.74, 6) is 0.